The van der Waals surface area contributed by atoms with Gasteiger partial charge in [-0.25, -0.2) is 4.79 Å². The maximum Gasteiger partial charge on any atom is 0.339 e. The molecule has 1 aromatic carbocycles. The summed E-state index contributed by atoms with van der Waals surface area (Å²) in [5.74, 6) is 0.689. The van der Waals surface area contributed by atoms with Crippen molar-refractivity contribution in [2.24, 2.45) is 11.8 Å². The van der Waals surface area contributed by atoms with Gasteiger partial charge in [-0.1, -0.05) is 39.0 Å². The number of hydrogen-bond donors (Lipinski definition) is 0. The number of cyclic esters (lactones) is 1. The largest absolute Gasteiger partial charge is 0.454 e. The van der Waals surface area contributed by atoms with Crippen molar-refractivity contribution in [3.8, 4) is 0 Å². The fourth-order valence-electron chi connectivity index (χ4n) is 1.91. The van der Waals surface area contributed by atoms with Crippen LogP contribution < -0.4 is 0 Å². The predicted octanol–water partition coefficient (Wildman–Crippen LogP) is 3.19. The predicted molar refractivity (Wildman–Crippen MR) is 58.6 cm³/mol. The first-order chi connectivity index (χ1) is 7.11. The maximum absolute atomic E-state index is 11.6. The Morgan fingerprint density at radius 1 is 1.20 bits per heavy atom. The van der Waals surface area contributed by atoms with Crippen molar-refractivity contribution in [2.75, 3.05) is 0 Å². The van der Waals surface area contributed by atoms with Crippen LogP contribution in [-0.4, -0.2) is 5.97 Å². The number of benzene rings is 1. The third kappa shape index (κ3) is 1.65. The van der Waals surface area contributed by atoms with Gasteiger partial charge in [-0.05, 0) is 17.9 Å². The molecule has 2 heteroatoms. The lowest BCUT2D eigenvalue weighted by atomic mass is 9.88. The highest BCUT2D eigenvalue weighted by molar-refractivity contribution is 5.94. The summed E-state index contributed by atoms with van der Waals surface area (Å²) in [6, 6.07) is 7.66. The Kier molecular flexibility index (Phi) is 2.51. The van der Waals surface area contributed by atoms with E-state index in [4.69, 9.17) is 4.74 Å². The molecule has 0 spiro atoms. The Balaban J connectivity index is 2.36. The van der Waals surface area contributed by atoms with E-state index in [0.29, 0.717) is 11.8 Å². The normalized spacial score (nSPS) is 21.3. The molecule has 0 aromatic heterocycles. The molecule has 0 aliphatic carbocycles. The second-order valence-electron chi connectivity index (χ2n) is 4.52. The van der Waals surface area contributed by atoms with E-state index < -0.39 is 0 Å². The minimum atomic E-state index is -0.178. The fourth-order valence-corrected chi connectivity index (χ4v) is 1.91. The molecule has 0 fully saturated rings. The second kappa shape index (κ2) is 3.69. The fraction of sp³-hybridized carbons (Fsp3) is 0.462. The van der Waals surface area contributed by atoms with Gasteiger partial charge in [-0.15, -0.1) is 0 Å². The number of fused-ring (bicyclic) bond motifs is 1. The van der Waals surface area contributed by atoms with Gasteiger partial charge in [-0.3, -0.25) is 0 Å². The molecule has 0 radical (unpaired) electrons. The van der Waals surface area contributed by atoms with Gasteiger partial charge in [0, 0.05) is 5.56 Å². The Bertz CT molecular complexity index is 382. The third-order valence-corrected chi connectivity index (χ3v) is 3.25. The standard InChI is InChI=1S/C13H16O2/c1-8(2)9(3)12-10-6-4-5-7-11(10)13(14)15-12/h4-9,12H,1-3H3. The molecular formula is C13H16O2. The van der Waals surface area contributed by atoms with E-state index in [1.807, 2.05) is 24.3 Å². The minimum absolute atomic E-state index is 0.0614. The SMILES string of the molecule is CC(C)C(C)C1OC(=O)c2ccccc21. The van der Waals surface area contributed by atoms with Gasteiger partial charge in [0.2, 0.25) is 0 Å². The van der Waals surface area contributed by atoms with Crippen LogP contribution in [0.15, 0.2) is 24.3 Å². The zero-order valence-corrected chi connectivity index (χ0v) is 9.36. The lowest BCUT2D eigenvalue weighted by Gasteiger charge is -2.22. The topological polar surface area (TPSA) is 26.3 Å². The molecule has 1 aliphatic heterocycles. The highest BCUT2D eigenvalue weighted by atomic mass is 16.5. The Hall–Kier alpha value is -1.31. The summed E-state index contributed by atoms with van der Waals surface area (Å²) in [5, 5.41) is 0. The molecule has 1 aliphatic rings. The van der Waals surface area contributed by atoms with Crippen LogP contribution in [0.1, 0.15) is 42.8 Å². The van der Waals surface area contributed by atoms with E-state index in [9.17, 15) is 4.79 Å². The van der Waals surface area contributed by atoms with Crippen molar-refractivity contribution >= 4 is 5.97 Å². The van der Waals surface area contributed by atoms with Crippen LogP contribution in [0.5, 0.6) is 0 Å². The van der Waals surface area contributed by atoms with E-state index in [2.05, 4.69) is 20.8 Å². The van der Waals surface area contributed by atoms with Gasteiger partial charge in [0.25, 0.3) is 0 Å². The molecule has 1 aromatic rings. The first-order valence-electron chi connectivity index (χ1n) is 5.41. The molecule has 0 N–H and O–H groups in total. The van der Waals surface area contributed by atoms with Crippen LogP contribution in [-0.2, 0) is 4.74 Å². The zero-order chi connectivity index (χ0) is 11.0. The lowest BCUT2D eigenvalue weighted by Crippen LogP contribution is -2.15. The lowest BCUT2D eigenvalue weighted by molar-refractivity contribution is 0.0195. The monoisotopic (exact) mass is 204 g/mol. The van der Waals surface area contributed by atoms with E-state index in [1.165, 1.54) is 0 Å². The molecule has 15 heavy (non-hydrogen) atoms. The van der Waals surface area contributed by atoms with Crippen molar-refractivity contribution in [1.82, 2.24) is 0 Å². The Morgan fingerprint density at radius 2 is 1.87 bits per heavy atom. The van der Waals surface area contributed by atoms with Gasteiger partial charge in [-0.2, -0.15) is 0 Å². The Morgan fingerprint density at radius 3 is 2.53 bits per heavy atom. The van der Waals surface area contributed by atoms with Crippen LogP contribution in [0, 0.1) is 11.8 Å². The molecule has 0 bridgehead atoms. The molecule has 1 heterocycles. The van der Waals surface area contributed by atoms with Crippen molar-refractivity contribution < 1.29 is 9.53 Å². The molecule has 2 rings (SSSR count). The van der Waals surface area contributed by atoms with E-state index >= 15 is 0 Å². The van der Waals surface area contributed by atoms with Crippen LogP contribution in [0.3, 0.4) is 0 Å². The number of carbonyl (C=O) groups excluding carboxylic acids is 1. The summed E-state index contributed by atoms with van der Waals surface area (Å²) in [5.41, 5.74) is 1.78. The van der Waals surface area contributed by atoms with Gasteiger partial charge < -0.3 is 4.74 Å². The second-order valence-corrected chi connectivity index (χ2v) is 4.52. The van der Waals surface area contributed by atoms with E-state index in [1.54, 1.807) is 0 Å². The summed E-state index contributed by atoms with van der Waals surface area (Å²) < 4.78 is 5.42. The smallest absolute Gasteiger partial charge is 0.339 e. The van der Waals surface area contributed by atoms with Gasteiger partial charge in [0.1, 0.15) is 6.10 Å². The highest BCUT2D eigenvalue weighted by Crippen LogP contribution is 2.38. The Labute approximate surface area is 90.3 Å². The zero-order valence-electron chi connectivity index (χ0n) is 9.36. The summed E-state index contributed by atoms with van der Waals surface area (Å²) >= 11 is 0. The average Bonchev–Trinajstić information content (AvgIpc) is 2.56. The number of ether oxygens (including phenoxy) is 1. The minimum Gasteiger partial charge on any atom is -0.454 e. The molecule has 0 saturated carbocycles. The number of esters is 1. The molecule has 2 unspecified atom stereocenters. The maximum atomic E-state index is 11.6. The molecule has 2 nitrogen and oxygen atoms in total. The van der Waals surface area contributed by atoms with Crippen LogP contribution in [0.4, 0.5) is 0 Å². The molecule has 0 amide bonds. The van der Waals surface area contributed by atoms with Gasteiger partial charge in [0.15, 0.2) is 0 Å². The van der Waals surface area contributed by atoms with E-state index in [0.717, 1.165) is 11.1 Å². The average molecular weight is 204 g/mol. The first kappa shape index (κ1) is 10.2. The molecular weight excluding hydrogens is 188 g/mol. The quantitative estimate of drug-likeness (QED) is 0.691. The van der Waals surface area contributed by atoms with Gasteiger partial charge >= 0.3 is 5.97 Å². The number of rotatable bonds is 2. The third-order valence-electron chi connectivity index (χ3n) is 3.25. The summed E-state index contributed by atoms with van der Waals surface area (Å²) in [7, 11) is 0. The van der Waals surface area contributed by atoms with E-state index in [-0.39, 0.29) is 12.1 Å². The number of carbonyl (C=O) groups is 1. The van der Waals surface area contributed by atoms with Crippen molar-refractivity contribution in [2.45, 2.75) is 26.9 Å². The first-order valence-corrected chi connectivity index (χ1v) is 5.41. The van der Waals surface area contributed by atoms with Gasteiger partial charge in [0.05, 0.1) is 5.56 Å². The molecule has 2 atom stereocenters. The number of hydrogen-bond acceptors (Lipinski definition) is 2. The summed E-state index contributed by atoms with van der Waals surface area (Å²) in [6.45, 7) is 6.43. The van der Waals surface area contributed by atoms with Crippen LogP contribution >= 0.6 is 0 Å². The summed E-state index contributed by atoms with van der Waals surface area (Å²) in [6.07, 6.45) is -0.0614. The molecule has 80 valence electrons. The summed E-state index contributed by atoms with van der Waals surface area (Å²) in [4.78, 5) is 11.6. The highest BCUT2D eigenvalue weighted by Gasteiger charge is 2.35. The van der Waals surface area contributed by atoms with Crippen LogP contribution in [0.2, 0.25) is 0 Å². The van der Waals surface area contributed by atoms with Crippen molar-refractivity contribution in [3.63, 3.8) is 0 Å². The van der Waals surface area contributed by atoms with Crippen molar-refractivity contribution in [1.29, 1.82) is 0 Å². The molecule has 0 saturated heterocycles. The van der Waals surface area contributed by atoms with Crippen LogP contribution in [0.25, 0.3) is 0 Å². The van der Waals surface area contributed by atoms with Crippen molar-refractivity contribution in [3.05, 3.63) is 35.4 Å².